The Morgan fingerprint density at radius 3 is 2.41 bits per heavy atom. The molecule has 0 atom stereocenters. The van der Waals surface area contributed by atoms with E-state index in [1.807, 2.05) is 45.8 Å². The number of nitrogens with one attached hydrogen (secondary N) is 2. The topological polar surface area (TPSA) is 61.4 Å². The van der Waals surface area contributed by atoms with E-state index < -0.39 is 5.41 Å². The predicted molar refractivity (Wildman–Crippen MR) is 91.5 cm³/mol. The number of halogens is 1. The maximum Gasteiger partial charge on any atom is 0.226 e. The standard InChI is InChI=1S/C16H24ClN3O2/c1-16(2,3)15(22)18-9-8-14(21)19-12-10-11(17)6-7-13(12)20(4)5/h6-7,10H,8-9H2,1-5H3,(H,18,22)(H,19,21). The number of benzene rings is 1. The first-order valence-corrected chi connectivity index (χ1v) is 7.54. The molecule has 0 unspecified atom stereocenters. The van der Waals surface area contributed by atoms with Crippen molar-refractivity contribution < 1.29 is 9.59 Å². The summed E-state index contributed by atoms with van der Waals surface area (Å²) in [7, 11) is 3.78. The molecule has 0 saturated heterocycles. The SMILES string of the molecule is CN(C)c1ccc(Cl)cc1NC(=O)CCNC(=O)C(C)(C)C. The smallest absolute Gasteiger partial charge is 0.226 e. The Hall–Kier alpha value is -1.75. The summed E-state index contributed by atoms with van der Waals surface area (Å²) in [4.78, 5) is 25.6. The lowest BCUT2D eigenvalue weighted by Crippen LogP contribution is -2.36. The fraction of sp³-hybridized carbons (Fsp3) is 0.500. The van der Waals surface area contributed by atoms with Crippen LogP contribution in [0.1, 0.15) is 27.2 Å². The van der Waals surface area contributed by atoms with Crippen LogP contribution < -0.4 is 15.5 Å². The molecule has 122 valence electrons. The zero-order chi connectivity index (χ0) is 16.9. The van der Waals surface area contributed by atoms with E-state index in [0.717, 1.165) is 5.69 Å². The van der Waals surface area contributed by atoms with Crippen LogP contribution in [0, 0.1) is 5.41 Å². The molecule has 0 aliphatic rings. The lowest BCUT2D eigenvalue weighted by Gasteiger charge is -2.19. The van der Waals surface area contributed by atoms with Gasteiger partial charge in [-0.1, -0.05) is 32.4 Å². The number of hydrogen-bond acceptors (Lipinski definition) is 3. The number of carbonyl (C=O) groups is 2. The first kappa shape index (κ1) is 18.3. The van der Waals surface area contributed by atoms with Gasteiger partial charge in [0.1, 0.15) is 0 Å². The molecule has 5 nitrogen and oxygen atoms in total. The van der Waals surface area contributed by atoms with E-state index in [1.54, 1.807) is 12.1 Å². The van der Waals surface area contributed by atoms with Crippen LogP contribution in [0.25, 0.3) is 0 Å². The molecule has 0 bridgehead atoms. The summed E-state index contributed by atoms with van der Waals surface area (Å²) in [6, 6.07) is 5.33. The predicted octanol–water partition coefficient (Wildman–Crippen LogP) is 2.90. The van der Waals surface area contributed by atoms with Gasteiger partial charge in [0, 0.05) is 37.5 Å². The van der Waals surface area contributed by atoms with Crippen molar-refractivity contribution in [1.82, 2.24) is 5.32 Å². The van der Waals surface area contributed by atoms with Crippen molar-refractivity contribution in [2.24, 2.45) is 5.41 Å². The highest BCUT2D eigenvalue weighted by Gasteiger charge is 2.20. The van der Waals surface area contributed by atoms with Crippen LogP contribution in [-0.4, -0.2) is 32.5 Å². The Bertz CT molecular complexity index is 551. The third kappa shape index (κ3) is 5.56. The average Bonchev–Trinajstić information content (AvgIpc) is 2.37. The van der Waals surface area contributed by atoms with E-state index in [-0.39, 0.29) is 18.2 Å². The largest absolute Gasteiger partial charge is 0.376 e. The number of rotatable bonds is 5. The summed E-state index contributed by atoms with van der Waals surface area (Å²) in [5.41, 5.74) is 1.07. The molecule has 0 radical (unpaired) electrons. The summed E-state index contributed by atoms with van der Waals surface area (Å²) in [5.74, 6) is -0.239. The van der Waals surface area contributed by atoms with Gasteiger partial charge in [-0.2, -0.15) is 0 Å². The second kappa shape index (κ2) is 7.49. The van der Waals surface area contributed by atoms with E-state index in [2.05, 4.69) is 10.6 Å². The quantitative estimate of drug-likeness (QED) is 0.875. The van der Waals surface area contributed by atoms with Crippen LogP contribution in [0.3, 0.4) is 0 Å². The molecular formula is C16H24ClN3O2. The van der Waals surface area contributed by atoms with Crippen molar-refractivity contribution in [3.63, 3.8) is 0 Å². The van der Waals surface area contributed by atoms with Gasteiger partial charge in [0.2, 0.25) is 11.8 Å². The van der Waals surface area contributed by atoms with Crippen molar-refractivity contribution in [2.75, 3.05) is 30.9 Å². The van der Waals surface area contributed by atoms with Crippen LogP contribution in [0.15, 0.2) is 18.2 Å². The molecule has 0 spiro atoms. The van der Waals surface area contributed by atoms with Gasteiger partial charge in [-0.15, -0.1) is 0 Å². The van der Waals surface area contributed by atoms with Gasteiger partial charge in [-0.3, -0.25) is 9.59 Å². The monoisotopic (exact) mass is 325 g/mol. The highest BCUT2D eigenvalue weighted by atomic mass is 35.5. The molecule has 1 rings (SSSR count). The Kier molecular flexibility index (Phi) is 6.23. The van der Waals surface area contributed by atoms with Crippen LogP contribution in [0.5, 0.6) is 0 Å². The normalized spacial score (nSPS) is 11.0. The average molecular weight is 326 g/mol. The van der Waals surface area contributed by atoms with Gasteiger partial charge in [0.05, 0.1) is 11.4 Å². The Labute approximate surface area is 137 Å². The molecule has 22 heavy (non-hydrogen) atoms. The van der Waals surface area contributed by atoms with E-state index in [0.29, 0.717) is 17.3 Å². The van der Waals surface area contributed by atoms with Gasteiger partial charge in [0.25, 0.3) is 0 Å². The maximum absolute atomic E-state index is 12.0. The number of nitrogens with zero attached hydrogens (tertiary/aromatic N) is 1. The second-order valence-electron chi connectivity index (χ2n) is 6.36. The zero-order valence-corrected chi connectivity index (χ0v) is 14.5. The highest BCUT2D eigenvalue weighted by molar-refractivity contribution is 6.31. The van der Waals surface area contributed by atoms with Gasteiger partial charge in [0.15, 0.2) is 0 Å². The van der Waals surface area contributed by atoms with Crippen LogP contribution in [0.2, 0.25) is 5.02 Å². The zero-order valence-electron chi connectivity index (χ0n) is 13.8. The molecule has 0 aromatic heterocycles. The molecule has 0 saturated carbocycles. The van der Waals surface area contributed by atoms with Crippen LogP contribution >= 0.6 is 11.6 Å². The van der Waals surface area contributed by atoms with Crippen molar-refractivity contribution in [2.45, 2.75) is 27.2 Å². The number of carbonyl (C=O) groups excluding carboxylic acids is 2. The third-order valence-electron chi connectivity index (χ3n) is 3.03. The summed E-state index contributed by atoms with van der Waals surface area (Å²) in [6.07, 6.45) is 0.210. The lowest BCUT2D eigenvalue weighted by molar-refractivity contribution is -0.128. The van der Waals surface area contributed by atoms with Crippen LogP contribution in [-0.2, 0) is 9.59 Å². The van der Waals surface area contributed by atoms with Crippen molar-refractivity contribution >= 4 is 34.8 Å². The molecule has 1 aromatic carbocycles. The molecule has 2 N–H and O–H groups in total. The molecule has 0 fully saturated rings. The summed E-state index contributed by atoms with van der Waals surface area (Å²) in [6.45, 7) is 5.80. The molecule has 0 aliphatic heterocycles. The Balaban J connectivity index is 2.59. The molecule has 1 aromatic rings. The van der Waals surface area contributed by atoms with E-state index >= 15 is 0 Å². The first-order valence-electron chi connectivity index (χ1n) is 7.16. The van der Waals surface area contributed by atoms with Gasteiger partial charge in [-0.25, -0.2) is 0 Å². The Morgan fingerprint density at radius 1 is 1.23 bits per heavy atom. The van der Waals surface area contributed by atoms with E-state index in [1.165, 1.54) is 0 Å². The fourth-order valence-corrected chi connectivity index (χ4v) is 1.94. The van der Waals surface area contributed by atoms with Gasteiger partial charge < -0.3 is 15.5 Å². The van der Waals surface area contributed by atoms with Crippen molar-refractivity contribution in [3.05, 3.63) is 23.2 Å². The third-order valence-corrected chi connectivity index (χ3v) is 3.27. The summed E-state index contributed by atoms with van der Waals surface area (Å²) in [5, 5.41) is 6.14. The summed E-state index contributed by atoms with van der Waals surface area (Å²) < 4.78 is 0. The minimum atomic E-state index is -0.457. The Morgan fingerprint density at radius 2 is 1.86 bits per heavy atom. The molecule has 0 heterocycles. The van der Waals surface area contributed by atoms with E-state index in [9.17, 15) is 9.59 Å². The molecular weight excluding hydrogens is 302 g/mol. The van der Waals surface area contributed by atoms with Crippen molar-refractivity contribution in [3.8, 4) is 0 Å². The number of hydrogen-bond donors (Lipinski definition) is 2. The fourth-order valence-electron chi connectivity index (χ4n) is 1.77. The number of amides is 2. The molecule has 6 heteroatoms. The number of anilines is 2. The van der Waals surface area contributed by atoms with Crippen LogP contribution in [0.4, 0.5) is 11.4 Å². The second-order valence-corrected chi connectivity index (χ2v) is 6.80. The highest BCUT2D eigenvalue weighted by Crippen LogP contribution is 2.27. The van der Waals surface area contributed by atoms with Crippen molar-refractivity contribution in [1.29, 1.82) is 0 Å². The van der Waals surface area contributed by atoms with E-state index in [4.69, 9.17) is 11.6 Å². The molecule has 2 amide bonds. The maximum atomic E-state index is 12.0. The minimum Gasteiger partial charge on any atom is -0.376 e. The first-order chi connectivity index (χ1) is 10.1. The minimum absolute atomic E-state index is 0.0722. The summed E-state index contributed by atoms with van der Waals surface area (Å²) >= 11 is 5.97. The van der Waals surface area contributed by atoms with Gasteiger partial charge in [-0.05, 0) is 18.2 Å². The lowest BCUT2D eigenvalue weighted by atomic mass is 9.96. The van der Waals surface area contributed by atoms with Gasteiger partial charge >= 0.3 is 0 Å². The molecule has 0 aliphatic carbocycles.